The first-order chi connectivity index (χ1) is 18.7. The summed E-state index contributed by atoms with van der Waals surface area (Å²) in [4.78, 5) is 28.7. The number of carbonyl (C=O) groups is 2. The largest absolute Gasteiger partial charge is 0.492 e. The highest BCUT2D eigenvalue weighted by atomic mass is 32.2. The van der Waals surface area contributed by atoms with Crippen molar-refractivity contribution in [2.24, 2.45) is 0 Å². The monoisotopic (exact) mass is 557 g/mol. The van der Waals surface area contributed by atoms with Crippen LogP contribution in [0.3, 0.4) is 0 Å². The molecule has 9 heteroatoms. The van der Waals surface area contributed by atoms with Crippen LogP contribution in [0.5, 0.6) is 5.75 Å². The highest BCUT2D eigenvalue weighted by Crippen LogP contribution is 2.30. The number of anilines is 1. The van der Waals surface area contributed by atoms with Gasteiger partial charge in [-0.2, -0.15) is 0 Å². The smallest absolute Gasteiger partial charge is 0.243 e. The van der Waals surface area contributed by atoms with Crippen molar-refractivity contribution in [3.05, 3.63) is 60.2 Å². The van der Waals surface area contributed by atoms with Gasteiger partial charge < -0.3 is 15.0 Å². The molecule has 1 fully saturated rings. The first-order valence-electron chi connectivity index (χ1n) is 14.1. The second-order valence-electron chi connectivity index (χ2n) is 10.1. The van der Waals surface area contributed by atoms with Crippen LogP contribution in [0, 0.1) is 0 Å². The molecule has 0 aromatic heterocycles. The Morgan fingerprint density at radius 1 is 1.00 bits per heavy atom. The number of nitrogens with one attached hydrogen (secondary N) is 1. The van der Waals surface area contributed by atoms with E-state index in [2.05, 4.69) is 5.32 Å². The molecule has 1 N–H and O–H groups in total. The molecule has 0 unspecified atom stereocenters. The van der Waals surface area contributed by atoms with Crippen LogP contribution in [0.15, 0.2) is 54.6 Å². The van der Waals surface area contributed by atoms with Crippen LogP contribution in [0.1, 0.15) is 70.8 Å². The van der Waals surface area contributed by atoms with Gasteiger partial charge in [0.05, 0.1) is 18.6 Å². The minimum atomic E-state index is -3.61. The van der Waals surface area contributed by atoms with Gasteiger partial charge in [0.15, 0.2) is 0 Å². The molecule has 1 saturated carbocycles. The van der Waals surface area contributed by atoms with E-state index in [4.69, 9.17) is 4.74 Å². The average molecular weight is 558 g/mol. The fourth-order valence-corrected chi connectivity index (χ4v) is 6.14. The Morgan fingerprint density at radius 3 is 2.31 bits per heavy atom. The van der Waals surface area contributed by atoms with Crippen molar-refractivity contribution in [2.75, 3.05) is 23.7 Å². The Labute approximate surface area is 233 Å². The zero-order valence-corrected chi connectivity index (χ0v) is 24.3. The van der Waals surface area contributed by atoms with Gasteiger partial charge in [0.1, 0.15) is 11.8 Å². The van der Waals surface area contributed by atoms with Crippen molar-refractivity contribution in [3.63, 3.8) is 0 Å². The van der Waals surface area contributed by atoms with Crippen molar-refractivity contribution in [1.82, 2.24) is 10.2 Å². The molecule has 3 rings (SSSR count). The van der Waals surface area contributed by atoms with Crippen LogP contribution in [0.2, 0.25) is 0 Å². The quantitative estimate of drug-likeness (QED) is 0.357. The first-order valence-corrected chi connectivity index (χ1v) is 15.9. The lowest BCUT2D eigenvalue weighted by Crippen LogP contribution is -2.51. The van der Waals surface area contributed by atoms with E-state index in [-0.39, 0.29) is 30.8 Å². The van der Waals surface area contributed by atoms with E-state index in [0.717, 1.165) is 37.5 Å². The lowest BCUT2D eigenvalue weighted by molar-refractivity contribution is -0.141. The number of nitrogens with zero attached hydrogens (tertiary/aromatic N) is 2. The summed E-state index contributed by atoms with van der Waals surface area (Å²) in [5.74, 6) is 0.195. The minimum absolute atomic E-state index is 0.114. The second-order valence-corrected chi connectivity index (χ2v) is 12.0. The molecular weight excluding hydrogens is 514 g/mol. The third-order valence-corrected chi connectivity index (χ3v) is 8.30. The average Bonchev–Trinajstić information content (AvgIpc) is 2.92. The number of carbonyl (C=O) groups excluding carboxylic acids is 2. The summed E-state index contributed by atoms with van der Waals surface area (Å²) in [7, 11) is -3.61. The molecule has 0 aliphatic heterocycles. The van der Waals surface area contributed by atoms with E-state index in [0.29, 0.717) is 37.4 Å². The summed E-state index contributed by atoms with van der Waals surface area (Å²) in [6.07, 6.45) is 7.42. The van der Waals surface area contributed by atoms with Gasteiger partial charge in [-0.1, -0.05) is 68.7 Å². The van der Waals surface area contributed by atoms with Crippen LogP contribution in [0.4, 0.5) is 5.69 Å². The molecule has 2 aromatic rings. The van der Waals surface area contributed by atoms with Crippen LogP contribution in [-0.2, 0) is 26.2 Å². The molecule has 214 valence electrons. The van der Waals surface area contributed by atoms with Gasteiger partial charge in [0.2, 0.25) is 21.8 Å². The molecule has 39 heavy (non-hydrogen) atoms. The number of hydrogen-bond acceptors (Lipinski definition) is 5. The van der Waals surface area contributed by atoms with Gasteiger partial charge in [-0.25, -0.2) is 8.42 Å². The molecule has 0 saturated heterocycles. The maximum atomic E-state index is 13.6. The van der Waals surface area contributed by atoms with Gasteiger partial charge in [-0.05, 0) is 50.3 Å². The van der Waals surface area contributed by atoms with Gasteiger partial charge in [0.25, 0.3) is 0 Å². The van der Waals surface area contributed by atoms with Crippen LogP contribution >= 0.6 is 0 Å². The van der Waals surface area contributed by atoms with E-state index in [1.807, 2.05) is 44.2 Å². The molecule has 1 aliphatic rings. The standard InChI is InChI=1S/C30H43N3O5S/c1-4-26(30(35)31-25-17-10-7-11-18-25)32(23-24-15-8-6-9-16-24)29(34)21-14-22-33(39(3,36)37)27-19-12-13-20-28(27)38-5-2/h6,8-9,12-13,15-16,19-20,25-26H,4-5,7,10-11,14,17-18,21-23H2,1-3H3,(H,31,35)/t26-/m1/s1. The predicted molar refractivity (Wildman–Crippen MR) is 155 cm³/mol. The maximum Gasteiger partial charge on any atom is 0.243 e. The van der Waals surface area contributed by atoms with Crippen LogP contribution < -0.4 is 14.4 Å². The normalized spacial score (nSPS) is 14.8. The molecule has 1 atom stereocenters. The molecule has 0 radical (unpaired) electrons. The molecular formula is C30H43N3O5S. The van der Waals surface area contributed by atoms with Gasteiger partial charge in [-0.3, -0.25) is 13.9 Å². The molecule has 0 spiro atoms. The molecule has 1 aliphatic carbocycles. The fourth-order valence-electron chi connectivity index (χ4n) is 5.17. The molecule has 2 amide bonds. The summed E-state index contributed by atoms with van der Waals surface area (Å²) < 4.78 is 32.3. The summed E-state index contributed by atoms with van der Waals surface area (Å²) in [5.41, 5.74) is 1.40. The van der Waals surface area contributed by atoms with Gasteiger partial charge in [-0.15, -0.1) is 0 Å². The number of sulfonamides is 1. The molecule has 8 nitrogen and oxygen atoms in total. The summed E-state index contributed by atoms with van der Waals surface area (Å²) in [6, 6.07) is 16.2. The van der Waals surface area contributed by atoms with Crippen molar-refractivity contribution in [1.29, 1.82) is 0 Å². The fraction of sp³-hybridized carbons (Fsp3) is 0.533. The lowest BCUT2D eigenvalue weighted by atomic mass is 9.95. The number of para-hydroxylation sites is 2. The summed E-state index contributed by atoms with van der Waals surface area (Å²) in [6.45, 7) is 4.61. The Balaban J connectivity index is 1.75. The lowest BCUT2D eigenvalue weighted by Gasteiger charge is -2.33. The zero-order valence-electron chi connectivity index (χ0n) is 23.5. The Kier molecular flexibility index (Phi) is 11.7. The molecule has 0 heterocycles. The van der Waals surface area contributed by atoms with Crippen molar-refractivity contribution in [3.8, 4) is 5.75 Å². The first kappa shape index (κ1) is 30.5. The Morgan fingerprint density at radius 2 is 1.67 bits per heavy atom. The summed E-state index contributed by atoms with van der Waals surface area (Å²) in [5, 5.41) is 3.19. The zero-order chi connectivity index (χ0) is 28.3. The third-order valence-electron chi connectivity index (χ3n) is 7.12. The van der Waals surface area contributed by atoms with Crippen molar-refractivity contribution in [2.45, 2.75) is 83.8 Å². The number of benzene rings is 2. The van der Waals surface area contributed by atoms with Crippen LogP contribution in [0.25, 0.3) is 0 Å². The van der Waals surface area contributed by atoms with E-state index >= 15 is 0 Å². The van der Waals surface area contributed by atoms with Gasteiger partial charge >= 0.3 is 0 Å². The minimum Gasteiger partial charge on any atom is -0.492 e. The SMILES string of the molecule is CCOc1ccccc1N(CCCC(=O)N(Cc1ccccc1)[C@H](CC)C(=O)NC1CCCCC1)S(C)(=O)=O. The second kappa shape index (κ2) is 14.9. The highest BCUT2D eigenvalue weighted by Gasteiger charge is 2.30. The number of ether oxygens (including phenoxy) is 1. The Bertz CT molecular complexity index is 1170. The molecule has 2 aromatic carbocycles. The van der Waals surface area contributed by atoms with Gasteiger partial charge in [0, 0.05) is 25.6 Å². The van der Waals surface area contributed by atoms with E-state index in [9.17, 15) is 18.0 Å². The number of amides is 2. The van der Waals surface area contributed by atoms with E-state index < -0.39 is 16.1 Å². The van der Waals surface area contributed by atoms with Crippen molar-refractivity contribution >= 4 is 27.5 Å². The summed E-state index contributed by atoms with van der Waals surface area (Å²) >= 11 is 0. The van der Waals surface area contributed by atoms with Crippen LogP contribution in [-0.4, -0.2) is 56.6 Å². The maximum absolute atomic E-state index is 13.6. The Hall–Kier alpha value is -3.07. The highest BCUT2D eigenvalue weighted by molar-refractivity contribution is 7.92. The predicted octanol–water partition coefficient (Wildman–Crippen LogP) is 4.89. The van der Waals surface area contributed by atoms with E-state index in [1.54, 1.807) is 29.2 Å². The number of hydrogen-bond donors (Lipinski definition) is 1. The topological polar surface area (TPSA) is 96.0 Å². The molecule has 0 bridgehead atoms. The van der Waals surface area contributed by atoms with E-state index in [1.165, 1.54) is 10.7 Å². The van der Waals surface area contributed by atoms with Crippen molar-refractivity contribution < 1.29 is 22.7 Å². The third kappa shape index (κ3) is 8.98. The number of rotatable bonds is 14.